The lowest BCUT2D eigenvalue weighted by Crippen LogP contribution is -2.34. The van der Waals surface area contributed by atoms with Crippen molar-refractivity contribution in [3.63, 3.8) is 0 Å². The van der Waals surface area contributed by atoms with E-state index in [0.29, 0.717) is 31.3 Å². The molecular formula is C14H17N3O3. The first kappa shape index (κ1) is 13.9. The van der Waals surface area contributed by atoms with E-state index in [0.717, 1.165) is 5.56 Å². The van der Waals surface area contributed by atoms with E-state index in [2.05, 4.69) is 15.6 Å². The number of urea groups is 1. The molecule has 0 aliphatic rings. The Labute approximate surface area is 117 Å². The second-order valence-electron chi connectivity index (χ2n) is 4.02. The molecule has 0 spiro atoms. The molecule has 106 valence electrons. The third-order valence-electron chi connectivity index (χ3n) is 2.57. The molecule has 0 aliphatic carbocycles. The van der Waals surface area contributed by atoms with Crippen LogP contribution in [-0.2, 0) is 13.1 Å². The molecule has 2 aromatic heterocycles. The number of hydrogen-bond acceptors (Lipinski definition) is 4. The van der Waals surface area contributed by atoms with Crippen LogP contribution in [0.25, 0.3) is 0 Å². The molecular weight excluding hydrogens is 258 g/mol. The van der Waals surface area contributed by atoms with Gasteiger partial charge in [-0.05, 0) is 25.1 Å². The zero-order valence-electron chi connectivity index (χ0n) is 11.3. The van der Waals surface area contributed by atoms with Gasteiger partial charge in [-0.25, -0.2) is 9.78 Å². The van der Waals surface area contributed by atoms with Crippen molar-refractivity contribution in [2.24, 2.45) is 0 Å². The maximum atomic E-state index is 11.7. The van der Waals surface area contributed by atoms with Crippen molar-refractivity contribution in [1.82, 2.24) is 15.6 Å². The van der Waals surface area contributed by atoms with Crippen molar-refractivity contribution in [3.05, 3.63) is 48.0 Å². The van der Waals surface area contributed by atoms with Crippen LogP contribution < -0.4 is 15.4 Å². The van der Waals surface area contributed by atoms with Gasteiger partial charge in [-0.2, -0.15) is 0 Å². The summed E-state index contributed by atoms with van der Waals surface area (Å²) in [4.78, 5) is 15.8. The predicted octanol–water partition coefficient (Wildman–Crippen LogP) is 2.07. The van der Waals surface area contributed by atoms with Gasteiger partial charge in [0.05, 0.1) is 19.4 Å². The van der Waals surface area contributed by atoms with Crippen molar-refractivity contribution in [1.29, 1.82) is 0 Å². The summed E-state index contributed by atoms with van der Waals surface area (Å²) < 4.78 is 10.5. The summed E-state index contributed by atoms with van der Waals surface area (Å²) >= 11 is 0. The van der Waals surface area contributed by atoms with Gasteiger partial charge in [0, 0.05) is 18.3 Å². The Balaban J connectivity index is 1.81. The van der Waals surface area contributed by atoms with E-state index < -0.39 is 0 Å². The third kappa shape index (κ3) is 4.01. The van der Waals surface area contributed by atoms with Crippen molar-refractivity contribution < 1.29 is 13.9 Å². The highest BCUT2D eigenvalue weighted by Crippen LogP contribution is 2.13. The largest absolute Gasteiger partial charge is 0.478 e. The summed E-state index contributed by atoms with van der Waals surface area (Å²) in [5.41, 5.74) is 0.836. The lowest BCUT2D eigenvalue weighted by atomic mass is 10.2. The van der Waals surface area contributed by atoms with Crippen LogP contribution in [-0.4, -0.2) is 17.6 Å². The Hall–Kier alpha value is -2.50. The number of aromatic nitrogens is 1. The summed E-state index contributed by atoms with van der Waals surface area (Å²) in [7, 11) is 0. The average Bonchev–Trinajstić information content (AvgIpc) is 2.98. The maximum Gasteiger partial charge on any atom is 0.315 e. The van der Waals surface area contributed by atoms with Crippen LogP contribution in [0.1, 0.15) is 18.2 Å². The fraction of sp³-hybridized carbons (Fsp3) is 0.286. The Bertz CT molecular complexity index is 540. The van der Waals surface area contributed by atoms with Gasteiger partial charge in [0.2, 0.25) is 5.88 Å². The first-order valence-corrected chi connectivity index (χ1v) is 6.40. The molecule has 0 atom stereocenters. The van der Waals surface area contributed by atoms with E-state index in [4.69, 9.17) is 9.15 Å². The standard InChI is InChI=1S/C14H17N3O3/c1-2-19-13-11(5-3-7-15-13)9-16-14(18)17-10-12-6-4-8-20-12/h3-8H,2,9-10H2,1H3,(H2,16,17,18). The van der Waals surface area contributed by atoms with E-state index in [1.54, 1.807) is 30.7 Å². The second-order valence-corrected chi connectivity index (χ2v) is 4.02. The number of hydrogen-bond donors (Lipinski definition) is 2. The molecule has 2 heterocycles. The molecule has 6 nitrogen and oxygen atoms in total. The van der Waals surface area contributed by atoms with Crippen molar-refractivity contribution in [2.45, 2.75) is 20.0 Å². The molecule has 2 N–H and O–H groups in total. The van der Waals surface area contributed by atoms with E-state index in [9.17, 15) is 4.79 Å². The number of pyridine rings is 1. The van der Waals surface area contributed by atoms with Crippen LogP contribution in [0.3, 0.4) is 0 Å². The smallest absolute Gasteiger partial charge is 0.315 e. The van der Waals surface area contributed by atoms with Crippen LogP contribution in [0.15, 0.2) is 41.1 Å². The van der Waals surface area contributed by atoms with Crippen molar-refractivity contribution in [2.75, 3.05) is 6.61 Å². The number of amides is 2. The molecule has 0 bridgehead atoms. The van der Waals surface area contributed by atoms with Crippen LogP contribution in [0, 0.1) is 0 Å². The van der Waals surface area contributed by atoms with E-state index in [-0.39, 0.29) is 6.03 Å². The molecule has 0 unspecified atom stereocenters. The molecule has 0 aromatic carbocycles. The number of carbonyl (C=O) groups is 1. The van der Waals surface area contributed by atoms with Gasteiger partial charge in [0.1, 0.15) is 5.76 Å². The molecule has 20 heavy (non-hydrogen) atoms. The SMILES string of the molecule is CCOc1ncccc1CNC(=O)NCc1ccco1. The normalized spacial score (nSPS) is 10.1. The number of furan rings is 1. The zero-order valence-corrected chi connectivity index (χ0v) is 11.3. The van der Waals surface area contributed by atoms with E-state index in [1.807, 2.05) is 13.0 Å². The van der Waals surface area contributed by atoms with Crippen LogP contribution in [0.4, 0.5) is 4.79 Å². The van der Waals surface area contributed by atoms with Crippen molar-refractivity contribution in [3.8, 4) is 5.88 Å². The summed E-state index contributed by atoms with van der Waals surface area (Å²) in [6.07, 6.45) is 3.23. The minimum Gasteiger partial charge on any atom is -0.478 e. The topological polar surface area (TPSA) is 76.4 Å². The molecule has 2 amide bonds. The highest BCUT2D eigenvalue weighted by molar-refractivity contribution is 5.73. The van der Waals surface area contributed by atoms with Gasteiger partial charge in [0.25, 0.3) is 0 Å². The monoisotopic (exact) mass is 275 g/mol. The molecule has 0 aliphatic heterocycles. The molecule has 0 fully saturated rings. The first-order valence-electron chi connectivity index (χ1n) is 6.40. The minimum absolute atomic E-state index is 0.271. The quantitative estimate of drug-likeness (QED) is 0.846. The van der Waals surface area contributed by atoms with E-state index in [1.165, 1.54) is 0 Å². The Morgan fingerprint density at radius 1 is 1.30 bits per heavy atom. The molecule has 2 rings (SSSR count). The number of ether oxygens (including phenoxy) is 1. The summed E-state index contributed by atoms with van der Waals surface area (Å²) in [5.74, 6) is 1.25. The van der Waals surface area contributed by atoms with Crippen LogP contribution in [0.5, 0.6) is 5.88 Å². The lowest BCUT2D eigenvalue weighted by molar-refractivity contribution is 0.239. The molecule has 0 saturated carbocycles. The fourth-order valence-electron chi connectivity index (χ4n) is 1.64. The average molecular weight is 275 g/mol. The Morgan fingerprint density at radius 3 is 2.90 bits per heavy atom. The summed E-state index contributed by atoms with van der Waals surface area (Å²) in [6.45, 7) is 3.13. The number of nitrogens with zero attached hydrogens (tertiary/aromatic N) is 1. The molecule has 0 radical (unpaired) electrons. The van der Waals surface area contributed by atoms with Gasteiger partial charge in [-0.3, -0.25) is 0 Å². The number of nitrogens with one attached hydrogen (secondary N) is 2. The maximum absolute atomic E-state index is 11.7. The van der Waals surface area contributed by atoms with Gasteiger partial charge >= 0.3 is 6.03 Å². The Kier molecular flexibility index (Phi) is 5.00. The van der Waals surface area contributed by atoms with Gasteiger partial charge in [-0.15, -0.1) is 0 Å². The number of carbonyl (C=O) groups excluding carboxylic acids is 1. The second kappa shape index (κ2) is 7.18. The molecule has 6 heteroatoms. The Morgan fingerprint density at radius 2 is 2.15 bits per heavy atom. The first-order chi connectivity index (χ1) is 9.79. The van der Waals surface area contributed by atoms with Crippen LogP contribution in [0.2, 0.25) is 0 Å². The fourth-order valence-corrected chi connectivity index (χ4v) is 1.64. The molecule has 0 saturated heterocycles. The summed E-state index contributed by atoms with van der Waals surface area (Å²) in [5, 5.41) is 5.45. The third-order valence-corrected chi connectivity index (χ3v) is 2.57. The van der Waals surface area contributed by atoms with Crippen molar-refractivity contribution >= 4 is 6.03 Å². The predicted molar refractivity (Wildman–Crippen MR) is 73.2 cm³/mol. The minimum atomic E-state index is -0.271. The highest BCUT2D eigenvalue weighted by Gasteiger charge is 2.06. The lowest BCUT2D eigenvalue weighted by Gasteiger charge is -2.10. The number of rotatable bonds is 6. The van der Waals surface area contributed by atoms with Gasteiger partial charge in [-0.1, -0.05) is 6.07 Å². The van der Waals surface area contributed by atoms with Gasteiger partial charge < -0.3 is 19.8 Å². The zero-order chi connectivity index (χ0) is 14.2. The molecule has 2 aromatic rings. The van der Waals surface area contributed by atoms with Crippen LogP contribution >= 0.6 is 0 Å². The summed E-state index contributed by atoms with van der Waals surface area (Å²) in [6, 6.07) is 6.98. The van der Waals surface area contributed by atoms with Gasteiger partial charge in [0.15, 0.2) is 0 Å². The highest BCUT2D eigenvalue weighted by atomic mass is 16.5. The van der Waals surface area contributed by atoms with E-state index >= 15 is 0 Å².